The van der Waals surface area contributed by atoms with Crippen LogP contribution < -0.4 is 15.9 Å². The van der Waals surface area contributed by atoms with E-state index < -0.39 is 17.9 Å². The summed E-state index contributed by atoms with van der Waals surface area (Å²) in [4.78, 5) is 41.3. The van der Waals surface area contributed by atoms with Crippen molar-refractivity contribution in [3.8, 4) is 0 Å². The van der Waals surface area contributed by atoms with Crippen LogP contribution in [0.3, 0.4) is 0 Å². The fraction of sp³-hybridized carbons (Fsp3) is 0.455. The lowest BCUT2D eigenvalue weighted by Crippen LogP contribution is -2.37. The molecule has 0 aliphatic rings. The fourth-order valence-electron chi connectivity index (χ4n) is 2.56. The highest BCUT2D eigenvalue weighted by Crippen LogP contribution is 2.26. The molecule has 11 heteroatoms. The van der Waals surface area contributed by atoms with Crippen molar-refractivity contribution in [1.82, 2.24) is 4.57 Å². The number of halogens is 2. The molecule has 2 rings (SSSR count). The van der Waals surface area contributed by atoms with Gasteiger partial charge in [-0.05, 0) is 45.5 Å². The number of amides is 2. The maximum atomic E-state index is 12.7. The van der Waals surface area contributed by atoms with Crippen molar-refractivity contribution in [3.63, 3.8) is 0 Å². The van der Waals surface area contributed by atoms with Crippen molar-refractivity contribution in [2.45, 2.75) is 53.8 Å². The van der Waals surface area contributed by atoms with Crippen LogP contribution in [0, 0.1) is 11.3 Å². The lowest BCUT2D eigenvalue weighted by molar-refractivity contribution is -0.150. The number of thiazole rings is 1. The summed E-state index contributed by atoms with van der Waals surface area (Å²) in [7, 11) is 0. The number of anilines is 1. The van der Waals surface area contributed by atoms with Crippen LogP contribution in [0.15, 0.2) is 39.2 Å². The largest absolute Gasteiger partial charge is 0.443 e. The molecule has 1 aromatic carbocycles. The normalized spacial score (nSPS) is 12.8. The van der Waals surface area contributed by atoms with Crippen LogP contribution >= 0.6 is 39.7 Å². The average molecular weight is 562 g/mol. The summed E-state index contributed by atoms with van der Waals surface area (Å²) in [6.45, 7) is 9.55. The maximum absolute atomic E-state index is 12.7. The van der Waals surface area contributed by atoms with Crippen LogP contribution in [0.2, 0.25) is 0 Å². The standard InChI is InChI=1S/C22H29BrN4O4S.ClH/c1-13(2)18(24)20(30)31-12-27-8-9-32-21(27)26-19(29)14-6-7-16(15(23)10-14)25-17(28)11-22(3,4)5;/h6-10,13,18H,11-12,24H2,1-5H3,(H,25,28);1H/b26-21-;/t18-;/m0./s1. The molecule has 0 aliphatic carbocycles. The molecule has 0 radical (unpaired) electrons. The summed E-state index contributed by atoms with van der Waals surface area (Å²) >= 11 is 4.65. The van der Waals surface area contributed by atoms with E-state index in [1.165, 1.54) is 11.3 Å². The van der Waals surface area contributed by atoms with Crippen molar-refractivity contribution < 1.29 is 19.1 Å². The van der Waals surface area contributed by atoms with E-state index in [0.717, 1.165) is 0 Å². The van der Waals surface area contributed by atoms with Crippen molar-refractivity contribution in [1.29, 1.82) is 0 Å². The molecule has 2 aromatic rings. The molecule has 0 aliphatic heterocycles. The number of ether oxygens (including phenoxy) is 1. The van der Waals surface area contributed by atoms with E-state index in [2.05, 4.69) is 26.2 Å². The average Bonchev–Trinajstić information content (AvgIpc) is 3.12. The van der Waals surface area contributed by atoms with E-state index >= 15 is 0 Å². The first kappa shape index (κ1) is 29.0. The molecule has 3 N–H and O–H groups in total. The minimum Gasteiger partial charge on any atom is -0.443 e. The van der Waals surface area contributed by atoms with Gasteiger partial charge in [0.25, 0.3) is 5.91 Å². The molecule has 0 saturated carbocycles. The molecule has 33 heavy (non-hydrogen) atoms. The number of carbonyl (C=O) groups is 3. The number of hydrogen-bond donors (Lipinski definition) is 2. The number of nitrogens with zero attached hydrogens (tertiary/aromatic N) is 2. The van der Waals surface area contributed by atoms with Crippen LogP contribution in [0.4, 0.5) is 5.69 Å². The second kappa shape index (κ2) is 12.5. The van der Waals surface area contributed by atoms with Crippen molar-refractivity contribution >= 4 is 63.1 Å². The van der Waals surface area contributed by atoms with Gasteiger partial charge in [-0.1, -0.05) is 34.6 Å². The van der Waals surface area contributed by atoms with Crippen LogP contribution in [0.5, 0.6) is 0 Å². The Morgan fingerprint density at radius 1 is 1.27 bits per heavy atom. The van der Waals surface area contributed by atoms with E-state index in [1.807, 2.05) is 34.6 Å². The van der Waals surface area contributed by atoms with Gasteiger partial charge in [0.1, 0.15) is 6.04 Å². The molecule has 1 heterocycles. The summed E-state index contributed by atoms with van der Waals surface area (Å²) in [5, 5.41) is 4.59. The van der Waals surface area contributed by atoms with Gasteiger partial charge in [0.2, 0.25) is 5.91 Å². The zero-order chi connectivity index (χ0) is 24.1. The lowest BCUT2D eigenvalue weighted by atomic mass is 9.92. The molecular formula is C22H30BrClN4O4S. The molecule has 1 aromatic heterocycles. The third kappa shape index (κ3) is 9.04. The van der Waals surface area contributed by atoms with E-state index in [0.29, 0.717) is 26.9 Å². The van der Waals surface area contributed by atoms with Crippen molar-refractivity contribution in [3.05, 3.63) is 44.6 Å². The highest BCUT2D eigenvalue weighted by atomic mass is 79.9. The Hall–Kier alpha value is -2.01. The monoisotopic (exact) mass is 560 g/mol. The Morgan fingerprint density at radius 3 is 2.52 bits per heavy atom. The highest BCUT2D eigenvalue weighted by molar-refractivity contribution is 9.10. The van der Waals surface area contributed by atoms with Crippen LogP contribution in [-0.2, 0) is 21.1 Å². The molecule has 0 bridgehead atoms. The number of aromatic nitrogens is 1. The topological polar surface area (TPSA) is 116 Å². The van der Waals surface area contributed by atoms with Crippen LogP contribution in [-0.4, -0.2) is 28.4 Å². The number of nitrogens with two attached hydrogens (primary N) is 1. The van der Waals surface area contributed by atoms with Crippen molar-refractivity contribution in [2.24, 2.45) is 22.1 Å². The molecule has 8 nitrogen and oxygen atoms in total. The van der Waals surface area contributed by atoms with E-state index in [4.69, 9.17) is 10.5 Å². The molecule has 0 saturated heterocycles. The van der Waals surface area contributed by atoms with E-state index in [-0.39, 0.29) is 36.4 Å². The van der Waals surface area contributed by atoms with Gasteiger partial charge in [-0.15, -0.1) is 23.7 Å². The Balaban J connectivity index is 0.00000544. The second-order valence-corrected chi connectivity index (χ2v) is 10.6. The summed E-state index contributed by atoms with van der Waals surface area (Å²) in [6.07, 6.45) is 2.05. The highest BCUT2D eigenvalue weighted by Gasteiger charge is 2.19. The van der Waals surface area contributed by atoms with Gasteiger partial charge in [-0.2, -0.15) is 4.99 Å². The van der Waals surface area contributed by atoms with Crippen molar-refractivity contribution in [2.75, 3.05) is 5.32 Å². The minimum atomic E-state index is -0.712. The third-order valence-corrected chi connectivity index (χ3v) is 5.82. The lowest BCUT2D eigenvalue weighted by Gasteiger charge is -2.17. The number of rotatable bonds is 7. The van der Waals surface area contributed by atoms with Gasteiger partial charge in [-0.3, -0.25) is 19.0 Å². The van der Waals surface area contributed by atoms with Crippen LogP contribution in [0.25, 0.3) is 0 Å². The molecule has 2 amide bonds. The molecule has 1 atom stereocenters. The predicted octanol–water partition coefficient (Wildman–Crippen LogP) is 4.33. The van der Waals surface area contributed by atoms with Gasteiger partial charge in [0, 0.05) is 28.0 Å². The first-order valence-corrected chi connectivity index (χ1v) is 11.8. The fourth-order valence-corrected chi connectivity index (χ4v) is 3.76. The zero-order valence-corrected chi connectivity index (χ0v) is 22.5. The zero-order valence-electron chi connectivity index (χ0n) is 19.3. The summed E-state index contributed by atoms with van der Waals surface area (Å²) in [5.74, 6) is -1.11. The smallest absolute Gasteiger partial charge is 0.324 e. The minimum absolute atomic E-state index is 0. The summed E-state index contributed by atoms with van der Waals surface area (Å²) in [6, 6.07) is 4.16. The molecule has 0 spiro atoms. The second-order valence-electron chi connectivity index (χ2n) is 8.91. The molecule has 182 valence electrons. The number of carbonyl (C=O) groups excluding carboxylic acids is 3. The van der Waals surface area contributed by atoms with Crippen LogP contribution in [0.1, 0.15) is 51.4 Å². The van der Waals surface area contributed by atoms with Gasteiger partial charge in [0.15, 0.2) is 11.5 Å². The first-order valence-electron chi connectivity index (χ1n) is 10.1. The third-order valence-electron chi connectivity index (χ3n) is 4.37. The summed E-state index contributed by atoms with van der Waals surface area (Å²) < 4.78 is 7.37. The SMILES string of the molecule is CC(C)[C@H](N)C(=O)OCn1ccs/c1=N\C(=O)c1ccc(NC(=O)CC(C)(C)C)c(Br)c1.Cl. The Morgan fingerprint density at radius 2 is 1.94 bits per heavy atom. The number of nitrogens with one attached hydrogen (secondary N) is 1. The number of hydrogen-bond acceptors (Lipinski definition) is 6. The molecule has 0 unspecified atom stereocenters. The Labute approximate surface area is 212 Å². The van der Waals surface area contributed by atoms with Gasteiger partial charge in [0.05, 0.1) is 5.69 Å². The van der Waals surface area contributed by atoms with Gasteiger partial charge in [-0.25, -0.2) is 0 Å². The van der Waals surface area contributed by atoms with E-state index in [9.17, 15) is 14.4 Å². The quantitative estimate of drug-likeness (QED) is 0.488. The predicted molar refractivity (Wildman–Crippen MR) is 135 cm³/mol. The Kier molecular flexibility index (Phi) is 11.0. The molecule has 0 fully saturated rings. The summed E-state index contributed by atoms with van der Waals surface area (Å²) in [5.41, 5.74) is 6.59. The van der Waals surface area contributed by atoms with Gasteiger partial charge >= 0.3 is 5.97 Å². The molecular weight excluding hydrogens is 532 g/mol. The first-order chi connectivity index (χ1) is 14.9. The maximum Gasteiger partial charge on any atom is 0.324 e. The number of esters is 1. The van der Waals surface area contributed by atoms with Gasteiger partial charge < -0.3 is 15.8 Å². The number of benzene rings is 1. The Bertz CT molecular complexity index is 1060. The van der Waals surface area contributed by atoms with E-state index in [1.54, 1.807) is 34.3 Å².